The highest BCUT2D eigenvalue weighted by Gasteiger charge is 2.32. The Morgan fingerprint density at radius 2 is 2.07 bits per heavy atom. The highest BCUT2D eigenvalue weighted by Crippen LogP contribution is 2.31. The fourth-order valence-corrected chi connectivity index (χ4v) is 3.60. The number of amides is 1. The molecule has 2 aromatic carbocycles. The van der Waals surface area contributed by atoms with E-state index in [1.807, 2.05) is 36.1 Å². The lowest BCUT2D eigenvalue weighted by Crippen LogP contribution is -2.32. The first-order chi connectivity index (χ1) is 13.1. The van der Waals surface area contributed by atoms with E-state index >= 15 is 0 Å². The van der Waals surface area contributed by atoms with E-state index in [0.717, 1.165) is 36.1 Å². The topological polar surface area (TPSA) is 61.9 Å². The molecule has 1 N–H and O–H groups in total. The molecule has 0 radical (unpaired) electrons. The van der Waals surface area contributed by atoms with Crippen molar-refractivity contribution in [1.29, 1.82) is 0 Å². The fraction of sp³-hybridized carbons (Fsp3) is 0.286. The Morgan fingerprint density at radius 1 is 1.26 bits per heavy atom. The molecule has 1 aromatic heterocycles. The van der Waals surface area contributed by atoms with Crippen molar-refractivity contribution in [1.82, 2.24) is 20.1 Å². The first kappa shape index (κ1) is 17.4. The summed E-state index contributed by atoms with van der Waals surface area (Å²) in [6.07, 6.45) is 2.19. The Bertz CT molecular complexity index is 951. The normalized spacial score (nSPS) is 16.7. The van der Waals surface area contributed by atoms with Gasteiger partial charge in [-0.1, -0.05) is 29.8 Å². The molecule has 6 heteroatoms. The van der Waals surface area contributed by atoms with E-state index in [0.29, 0.717) is 18.1 Å². The molecule has 0 bridgehead atoms. The van der Waals surface area contributed by atoms with Crippen LogP contribution >= 0.6 is 0 Å². The number of aromatic nitrogens is 3. The molecule has 1 aliphatic heterocycles. The maximum atomic E-state index is 13.1. The predicted molar refractivity (Wildman–Crippen MR) is 100 cm³/mol. The van der Waals surface area contributed by atoms with Gasteiger partial charge in [0.15, 0.2) is 5.82 Å². The van der Waals surface area contributed by atoms with Gasteiger partial charge in [0, 0.05) is 12.1 Å². The summed E-state index contributed by atoms with van der Waals surface area (Å²) in [7, 11) is 0. The van der Waals surface area contributed by atoms with Crippen LogP contribution in [0.25, 0.3) is 11.4 Å². The SMILES string of the molecule is Cc1cccc(CC(=O)N2CCC[C@H]2c2nc(-c3ccc(F)cc3)n[nH]2)c1. The summed E-state index contributed by atoms with van der Waals surface area (Å²) >= 11 is 0. The Morgan fingerprint density at radius 3 is 2.85 bits per heavy atom. The van der Waals surface area contributed by atoms with Gasteiger partial charge in [0.05, 0.1) is 12.5 Å². The first-order valence-electron chi connectivity index (χ1n) is 9.13. The van der Waals surface area contributed by atoms with Crippen LogP contribution in [0.15, 0.2) is 48.5 Å². The predicted octanol–water partition coefficient (Wildman–Crippen LogP) is 3.83. The zero-order valence-electron chi connectivity index (χ0n) is 15.2. The number of carbonyl (C=O) groups is 1. The summed E-state index contributed by atoms with van der Waals surface area (Å²) in [5.41, 5.74) is 2.92. The van der Waals surface area contributed by atoms with Gasteiger partial charge in [-0.3, -0.25) is 9.89 Å². The molecule has 27 heavy (non-hydrogen) atoms. The van der Waals surface area contributed by atoms with Gasteiger partial charge in [-0.25, -0.2) is 9.37 Å². The lowest BCUT2D eigenvalue weighted by Gasteiger charge is -2.23. The van der Waals surface area contributed by atoms with Gasteiger partial charge in [-0.2, -0.15) is 5.10 Å². The lowest BCUT2D eigenvalue weighted by molar-refractivity contribution is -0.131. The minimum atomic E-state index is -0.293. The van der Waals surface area contributed by atoms with Crippen LogP contribution in [0.2, 0.25) is 0 Å². The van der Waals surface area contributed by atoms with Crippen LogP contribution in [0.1, 0.15) is 35.8 Å². The van der Waals surface area contributed by atoms with Crippen LogP contribution in [-0.2, 0) is 11.2 Å². The largest absolute Gasteiger partial charge is 0.332 e. The van der Waals surface area contributed by atoms with Crippen molar-refractivity contribution >= 4 is 5.91 Å². The van der Waals surface area contributed by atoms with Gasteiger partial charge in [0.25, 0.3) is 0 Å². The summed E-state index contributed by atoms with van der Waals surface area (Å²) in [6.45, 7) is 2.75. The van der Waals surface area contributed by atoms with E-state index in [-0.39, 0.29) is 17.8 Å². The molecule has 0 unspecified atom stereocenters. The van der Waals surface area contributed by atoms with Crippen LogP contribution < -0.4 is 0 Å². The van der Waals surface area contributed by atoms with E-state index in [1.54, 1.807) is 12.1 Å². The fourth-order valence-electron chi connectivity index (χ4n) is 3.60. The highest BCUT2D eigenvalue weighted by molar-refractivity contribution is 5.79. The molecular formula is C21H21FN4O. The van der Waals surface area contributed by atoms with Gasteiger partial charge in [-0.05, 0) is 49.6 Å². The summed E-state index contributed by atoms with van der Waals surface area (Å²) in [4.78, 5) is 19.3. The van der Waals surface area contributed by atoms with E-state index < -0.39 is 0 Å². The number of carbonyl (C=O) groups excluding carboxylic acids is 1. The Hall–Kier alpha value is -3.02. The van der Waals surface area contributed by atoms with Crippen LogP contribution in [0.3, 0.4) is 0 Å². The van der Waals surface area contributed by atoms with Crippen molar-refractivity contribution in [2.75, 3.05) is 6.54 Å². The quantitative estimate of drug-likeness (QED) is 0.765. The molecule has 0 spiro atoms. The molecule has 3 aromatic rings. The molecule has 0 aliphatic carbocycles. The number of hydrogen-bond donors (Lipinski definition) is 1. The van der Waals surface area contributed by atoms with Crippen molar-refractivity contribution in [3.63, 3.8) is 0 Å². The molecule has 1 atom stereocenters. The molecule has 5 nitrogen and oxygen atoms in total. The average Bonchev–Trinajstić information content (AvgIpc) is 3.31. The van der Waals surface area contributed by atoms with Crippen LogP contribution in [0.4, 0.5) is 4.39 Å². The monoisotopic (exact) mass is 364 g/mol. The molecule has 138 valence electrons. The lowest BCUT2D eigenvalue weighted by atomic mass is 10.1. The summed E-state index contributed by atoms with van der Waals surface area (Å²) < 4.78 is 13.1. The number of halogens is 1. The zero-order chi connectivity index (χ0) is 18.8. The average molecular weight is 364 g/mol. The molecule has 1 aliphatic rings. The molecule has 0 saturated carbocycles. The smallest absolute Gasteiger partial charge is 0.227 e. The van der Waals surface area contributed by atoms with Crippen molar-refractivity contribution in [3.05, 3.63) is 71.3 Å². The summed E-state index contributed by atoms with van der Waals surface area (Å²) in [6, 6.07) is 14.0. The number of nitrogens with one attached hydrogen (secondary N) is 1. The highest BCUT2D eigenvalue weighted by atomic mass is 19.1. The maximum Gasteiger partial charge on any atom is 0.227 e. The third-order valence-corrected chi connectivity index (χ3v) is 4.93. The third kappa shape index (κ3) is 3.74. The van der Waals surface area contributed by atoms with E-state index in [1.165, 1.54) is 12.1 Å². The minimum absolute atomic E-state index is 0.0935. The van der Waals surface area contributed by atoms with Crippen LogP contribution in [0, 0.1) is 12.7 Å². The molecule has 1 amide bonds. The van der Waals surface area contributed by atoms with Crippen molar-refractivity contribution in [3.8, 4) is 11.4 Å². The summed E-state index contributed by atoms with van der Waals surface area (Å²) in [5, 5.41) is 7.22. The number of rotatable bonds is 4. The van der Waals surface area contributed by atoms with Crippen molar-refractivity contribution in [2.24, 2.45) is 0 Å². The van der Waals surface area contributed by atoms with Crippen molar-refractivity contribution in [2.45, 2.75) is 32.2 Å². The number of aryl methyl sites for hydroxylation is 1. The number of H-pyrrole nitrogens is 1. The van der Waals surface area contributed by atoms with Crippen LogP contribution in [0.5, 0.6) is 0 Å². The zero-order valence-corrected chi connectivity index (χ0v) is 15.2. The Labute approximate surface area is 157 Å². The molecular weight excluding hydrogens is 343 g/mol. The van der Waals surface area contributed by atoms with Gasteiger partial charge >= 0.3 is 0 Å². The van der Waals surface area contributed by atoms with Gasteiger partial charge in [-0.15, -0.1) is 0 Å². The molecule has 2 heterocycles. The van der Waals surface area contributed by atoms with E-state index in [9.17, 15) is 9.18 Å². The summed E-state index contributed by atoms with van der Waals surface area (Å²) in [5.74, 6) is 1.01. The Balaban J connectivity index is 1.51. The second kappa shape index (κ2) is 7.31. The molecule has 4 rings (SSSR count). The van der Waals surface area contributed by atoms with Crippen molar-refractivity contribution < 1.29 is 9.18 Å². The van der Waals surface area contributed by atoms with Crippen LogP contribution in [-0.4, -0.2) is 32.5 Å². The number of likely N-dealkylation sites (tertiary alicyclic amines) is 1. The van der Waals surface area contributed by atoms with E-state index in [4.69, 9.17) is 0 Å². The van der Waals surface area contributed by atoms with Gasteiger partial charge in [0.2, 0.25) is 5.91 Å². The third-order valence-electron chi connectivity index (χ3n) is 4.93. The minimum Gasteiger partial charge on any atom is -0.332 e. The number of aromatic amines is 1. The van der Waals surface area contributed by atoms with Gasteiger partial charge < -0.3 is 4.90 Å². The second-order valence-electron chi connectivity index (χ2n) is 6.96. The number of nitrogens with zero attached hydrogens (tertiary/aromatic N) is 3. The number of hydrogen-bond acceptors (Lipinski definition) is 3. The van der Waals surface area contributed by atoms with E-state index in [2.05, 4.69) is 15.2 Å². The Kier molecular flexibility index (Phi) is 4.71. The molecule has 1 fully saturated rings. The van der Waals surface area contributed by atoms with Gasteiger partial charge in [0.1, 0.15) is 11.6 Å². The molecule has 1 saturated heterocycles. The maximum absolute atomic E-state index is 13.1. The first-order valence-corrected chi connectivity index (χ1v) is 9.13. The number of benzene rings is 2. The second-order valence-corrected chi connectivity index (χ2v) is 6.96. The standard InChI is InChI=1S/C21H21FN4O/c1-14-4-2-5-15(12-14)13-19(27)26-11-3-6-18(26)21-23-20(24-25-21)16-7-9-17(22)10-8-16/h2,4-5,7-10,12,18H,3,6,11,13H2,1H3,(H,23,24,25)/t18-/m0/s1.